The number of rotatable bonds is 7. The molecule has 0 radical (unpaired) electrons. The highest BCUT2D eigenvalue weighted by molar-refractivity contribution is 8.00. The predicted molar refractivity (Wildman–Crippen MR) is 63.3 cm³/mol. The molecule has 0 aliphatic carbocycles. The molecule has 0 aliphatic heterocycles. The van der Waals surface area contributed by atoms with Crippen molar-refractivity contribution in [1.29, 1.82) is 0 Å². The molecule has 86 valence electrons. The smallest absolute Gasteiger partial charge is 0.0625 e. The highest BCUT2D eigenvalue weighted by Gasteiger charge is 2.05. The van der Waals surface area contributed by atoms with E-state index in [0.29, 0.717) is 5.25 Å². The molecule has 0 spiro atoms. The van der Waals surface area contributed by atoms with Crippen LogP contribution in [-0.2, 0) is 11.8 Å². The highest BCUT2D eigenvalue weighted by Crippen LogP contribution is 2.21. The topological polar surface area (TPSA) is 39.1 Å². The van der Waals surface area contributed by atoms with Crippen molar-refractivity contribution in [2.24, 2.45) is 7.05 Å². The molecule has 0 aliphatic rings. The van der Waals surface area contributed by atoms with Gasteiger partial charge >= 0.3 is 0 Å². The Morgan fingerprint density at radius 2 is 2.47 bits per heavy atom. The average Bonchev–Trinajstić information content (AvgIpc) is 2.59. The maximum atomic E-state index is 4.96. The Morgan fingerprint density at radius 1 is 1.67 bits per heavy atom. The second kappa shape index (κ2) is 6.87. The van der Waals surface area contributed by atoms with E-state index < -0.39 is 0 Å². The van der Waals surface area contributed by atoms with Crippen molar-refractivity contribution in [2.75, 3.05) is 26.8 Å². The van der Waals surface area contributed by atoms with Crippen LogP contribution in [0.3, 0.4) is 0 Å². The third-order valence-electron chi connectivity index (χ3n) is 1.93. The van der Waals surface area contributed by atoms with Crippen molar-refractivity contribution < 1.29 is 4.74 Å². The van der Waals surface area contributed by atoms with E-state index in [-0.39, 0.29) is 0 Å². The lowest BCUT2D eigenvalue weighted by atomic mass is 10.4. The first-order valence-corrected chi connectivity index (χ1v) is 5.95. The largest absolute Gasteiger partial charge is 0.383 e. The normalized spacial score (nSPS) is 13.0. The van der Waals surface area contributed by atoms with Crippen LogP contribution >= 0.6 is 11.8 Å². The van der Waals surface area contributed by atoms with E-state index in [1.807, 2.05) is 35.9 Å². The number of ether oxygens (including phenoxy) is 1. The summed E-state index contributed by atoms with van der Waals surface area (Å²) in [4.78, 5) is 1.22. The van der Waals surface area contributed by atoms with Crippen LogP contribution in [0.4, 0.5) is 0 Å². The van der Waals surface area contributed by atoms with E-state index in [1.165, 1.54) is 4.90 Å². The van der Waals surface area contributed by atoms with E-state index in [0.717, 1.165) is 19.7 Å². The Hall–Kier alpha value is -0.520. The van der Waals surface area contributed by atoms with Crippen LogP contribution in [0, 0.1) is 0 Å². The fourth-order valence-electron chi connectivity index (χ4n) is 1.21. The molecule has 0 aromatic carbocycles. The number of nitrogens with one attached hydrogen (secondary N) is 1. The van der Waals surface area contributed by atoms with Gasteiger partial charge in [0.2, 0.25) is 0 Å². The molecular formula is C10H19N3OS. The van der Waals surface area contributed by atoms with Crippen LogP contribution in [0.2, 0.25) is 0 Å². The molecule has 1 unspecified atom stereocenters. The summed E-state index contributed by atoms with van der Waals surface area (Å²) in [6.45, 7) is 4.87. The van der Waals surface area contributed by atoms with Crippen LogP contribution in [0.25, 0.3) is 0 Å². The van der Waals surface area contributed by atoms with Crippen molar-refractivity contribution in [2.45, 2.75) is 17.1 Å². The van der Waals surface area contributed by atoms with Crippen molar-refractivity contribution in [3.63, 3.8) is 0 Å². The molecule has 0 bridgehead atoms. The molecule has 1 atom stereocenters. The Kier molecular flexibility index (Phi) is 5.75. The number of aromatic nitrogens is 2. The molecule has 1 aromatic rings. The summed E-state index contributed by atoms with van der Waals surface area (Å²) in [5, 5.41) is 8.02. The van der Waals surface area contributed by atoms with Crippen molar-refractivity contribution in [1.82, 2.24) is 15.1 Å². The number of hydrogen-bond acceptors (Lipinski definition) is 4. The third kappa shape index (κ3) is 5.20. The summed E-state index contributed by atoms with van der Waals surface area (Å²) in [6, 6.07) is 0. The van der Waals surface area contributed by atoms with E-state index in [1.54, 1.807) is 7.11 Å². The molecule has 1 heterocycles. The molecule has 0 saturated heterocycles. The Balaban J connectivity index is 2.15. The van der Waals surface area contributed by atoms with Gasteiger partial charge in [0.15, 0.2) is 0 Å². The summed E-state index contributed by atoms with van der Waals surface area (Å²) in [6.07, 6.45) is 3.94. The van der Waals surface area contributed by atoms with E-state index in [9.17, 15) is 0 Å². The fourth-order valence-corrected chi connectivity index (χ4v) is 2.20. The third-order valence-corrected chi connectivity index (χ3v) is 2.99. The Bertz CT molecular complexity index is 277. The van der Waals surface area contributed by atoms with Crippen LogP contribution in [-0.4, -0.2) is 41.8 Å². The molecular weight excluding hydrogens is 210 g/mol. The van der Waals surface area contributed by atoms with Crippen LogP contribution in [0.1, 0.15) is 6.92 Å². The van der Waals surface area contributed by atoms with E-state index >= 15 is 0 Å². The van der Waals surface area contributed by atoms with E-state index in [4.69, 9.17) is 4.74 Å². The van der Waals surface area contributed by atoms with Gasteiger partial charge in [0.25, 0.3) is 0 Å². The average molecular weight is 229 g/mol. The molecule has 1 N–H and O–H groups in total. The SMILES string of the molecule is COCCNCC(C)Sc1cnn(C)c1. The molecule has 1 rings (SSSR count). The minimum atomic E-state index is 0.547. The predicted octanol–water partition coefficient (Wildman–Crippen LogP) is 1.14. The monoisotopic (exact) mass is 229 g/mol. The first-order valence-electron chi connectivity index (χ1n) is 5.07. The van der Waals surface area contributed by atoms with Gasteiger partial charge in [0.1, 0.15) is 0 Å². The maximum absolute atomic E-state index is 4.96. The van der Waals surface area contributed by atoms with Gasteiger partial charge in [-0.05, 0) is 0 Å². The van der Waals surface area contributed by atoms with Gasteiger partial charge in [0.05, 0.1) is 12.8 Å². The van der Waals surface area contributed by atoms with Gasteiger partial charge < -0.3 is 10.1 Å². The maximum Gasteiger partial charge on any atom is 0.0625 e. The zero-order valence-electron chi connectivity index (χ0n) is 9.56. The standard InChI is InChI=1S/C10H19N3OS/c1-9(6-11-4-5-14-3)15-10-7-12-13(2)8-10/h7-9,11H,4-6H2,1-3H3. The number of nitrogens with zero attached hydrogens (tertiary/aromatic N) is 2. The molecule has 15 heavy (non-hydrogen) atoms. The quantitative estimate of drug-likeness (QED) is 0.562. The number of aryl methyl sites for hydroxylation is 1. The Morgan fingerprint density at radius 3 is 3.07 bits per heavy atom. The van der Waals surface area contributed by atoms with Gasteiger partial charge in [-0.25, -0.2) is 0 Å². The zero-order chi connectivity index (χ0) is 11.1. The van der Waals surface area contributed by atoms with Gasteiger partial charge in [-0.1, -0.05) is 6.92 Å². The molecule has 4 nitrogen and oxygen atoms in total. The van der Waals surface area contributed by atoms with Gasteiger partial charge in [0, 0.05) is 43.6 Å². The summed E-state index contributed by atoms with van der Waals surface area (Å²) in [5.74, 6) is 0. The lowest BCUT2D eigenvalue weighted by molar-refractivity contribution is 0.199. The fraction of sp³-hybridized carbons (Fsp3) is 0.700. The first kappa shape index (κ1) is 12.5. The molecule has 1 aromatic heterocycles. The highest BCUT2D eigenvalue weighted by atomic mass is 32.2. The summed E-state index contributed by atoms with van der Waals surface area (Å²) in [5.41, 5.74) is 0. The molecule has 0 saturated carbocycles. The number of hydrogen-bond donors (Lipinski definition) is 1. The summed E-state index contributed by atoms with van der Waals surface area (Å²) in [7, 11) is 3.65. The lowest BCUT2D eigenvalue weighted by Crippen LogP contribution is -2.25. The van der Waals surface area contributed by atoms with Crippen LogP contribution in [0.15, 0.2) is 17.3 Å². The van der Waals surface area contributed by atoms with Gasteiger partial charge in [-0.3, -0.25) is 4.68 Å². The second-order valence-electron chi connectivity index (χ2n) is 3.48. The summed E-state index contributed by atoms with van der Waals surface area (Å²) < 4.78 is 6.79. The number of methoxy groups -OCH3 is 1. The molecule has 0 amide bonds. The van der Waals surface area contributed by atoms with Crippen molar-refractivity contribution >= 4 is 11.8 Å². The Labute approximate surface area is 95.4 Å². The second-order valence-corrected chi connectivity index (χ2v) is 4.99. The van der Waals surface area contributed by atoms with Crippen LogP contribution < -0.4 is 5.32 Å². The lowest BCUT2D eigenvalue weighted by Gasteiger charge is -2.10. The summed E-state index contributed by atoms with van der Waals surface area (Å²) >= 11 is 1.84. The van der Waals surface area contributed by atoms with E-state index in [2.05, 4.69) is 17.3 Å². The van der Waals surface area contributed by atoms with Gasteiger partial charge in [-0.15, -0.1) is 11.8 Å². The minimum Gasteiger partial charge on any atom is -0.383 e. The molecule has 5 heteroatoms. The minimum absolute atomic E-state index is 0.547. The molecule has 0 fully saturated rings. The van der Waals surface area contributed by atoms with Crippen LogP contribution in [0.5, 0.6) is 0 Å². The zero-order valence-corrected chi connectivity index (χ0v) is 10.4. The van der Waals surface area contributed by atoms with Crippen molar-refractivity contribution in [3.05, 3.63) is 12.4 Å². The van der Waals surface area contributed by atoms with Gasteiger partial charge in [-0.2, -0.15) is 5.10 Å². The number of thioether (sulfide) groups is 1. The first-order chi connectivity index (χ1) is 7.22. The van der Waals surface area contributed by atoms with Crippen molar-refractivity contribution in [3.8, 4) is 0 Å².